The van der Waals surface area contributed by atoms with Gasteiger partial charge in [0.2, 0.25) is 0 Å². The molecule has 3 aliphatic rings. The van der Waals surface area contributed by atoms with Gasteiger partial charge in [0.15, 0.2) is 23.5 Å². The fraction of sp³-hybridized carbons (Fsp3) is 0.435. The SMILES string of the molecule is N[C@]12OC[C@@H](O)[C@H]1OC[C@H]2Oc1cc2nc(-c3ccc(OC4CCNC4)cc3)c(F)cc2[nH]1. The van der Waals surface area contributed by atoms with Crippen molar-refractivity contribution in [2.75, 3.05) is 26.3 Å². The van der Waals surface area contributed by atoms with Crippen LogP contribution in [0.5, 0.6) is 11.6 Å². The van der Waals surface area contributed by atoms with E-state index in [2.05, 4.69) is 15.3 Å². The van der Waals surface area contributed by atoms with Crippen molar-refractivity contribution in [3.05, 3.63) is 42.2 Å². The number of hydrogen-bond acceptors (Lipinski definition) is 8. The molecule has 0 aliphatic carbocycles. The lowest BCUT2D eigenvalue weighted by Crippen LogP contribution is -2.57. The topological polar surface area (TPSA) is 124 Å². The number of benzene rings is 1. The van der Waals surface area contributed by atoms with E-state index in [1.54, 1.807) is 18.2 Å². The van der Waals surface area contributed by atoms with Gasteiger partial charge in [-0.2, -0.15) is 0 Å². The number of pyridine rings is 1. The summed E-state index contributed by atoms with van der Waals surface area (Å²) in [4.78, 5) is 7.52. The molecule has 6 rings (SSSR count). The number of nitrogens with zero attached hydrogens (tertiary/aromatic N) is 1. The number of halogens is 1. The Morgan fingerprint density at radius 3 is 2.82 bits per heavy atom. The maximum absolute atomic E-state index is 14.9. The lowest BCUT2D eigenvalue weighted by Gasteiger charge is -2.27. The number of H-pyrrole nitrogens is 1. The van der Waals surface area contributed by atoms with Gasteiger partial charge >= 0.3 is 0 Å². The van der Waals surface area contributed by atoms with E-state index in [1.165, 1.54) is 6.07 Å². The van der Waals surface area contributed by atoms with Crippen molar-refractivity contribution in [3.8, 4) is 22.9 Å². The van der Waals surface area contributed by atoms with Gasteiger partial charge in [-0.05, 0) is 37.2 Å². The van der Waals surface area contributed by atoms with Crippen molar-refractivity contribution in [3.63, 3.8) is 0 Å². The Balaban J connectivity index is 1.22. The molecule has 10 heteroatoms. The van der Waals surface area contributed by atoms with Crippen LogP contribution in [0.25, 0.3) is 22.3 Å². The zero-order valence-corrected chi connectivity index (χ0v) is 17.8. The first-order valence-electron chi connectivity index (χ1n) is 11.1. The van der Waals surface area contributed by atoms with Crippen LogP contribution in [0, 0.1) is 5.82 Å². The molecular weight excluding hydrogens is 431 g/mol. The summed E-state index contributed by atoms with van der Waals surface area (Å²) in [5, 5.41) is 13.2. The molecular formula is C23H25FN4O5. The normalized spacial score (nSPS) is 31.2. The van der Waals surface area contributed by atoms with Gasteiger partial charge in [0, 0.05) is 24.2 Å². The van der Waals surface area contributed by atoms with Crippen molar-refractivity contribution >= 4 is 11.0 Å². The summed E-state index contributed by atoms with van der Waals surface area (Å²) in [6, 6.07) is 10.3. The highest BCUT2D eigenvalue weighted by atomic mass is 19.1. The summed E-state index contributed by atoms with van der Waals surface area (Å²) in [6.45, 7) is 2.05. The number of fused-ring (bicyclic) bond motifs is 2. The molecule has 9 nitrogen and oxygen atoms in total. The second-order valence-corrected chi connectivity index (χ2v) is 8.73. The van der Waals surface area contributed by atoms with Gasteiger partial charge in [-0.1, -0.05) is 0 Å². The molecule has 33 heavy (non-hydrogen) atoms. The molecule has 174 valence electrons. The van der Waals surface area contributed by atoms with Crippen molar-refractivity contribution in [1.82, 2.24) is 15.3 Å². The molecule has 3 saturated heterocycles. The summed E-state index contributed by atoms with van der Waals surface area (Å²) < 4.78 is 37.9. The Labute approximate surface area is 189 Å². The highest BCUT2D eigenvalue weighted by Gasteiger charge is 2.59. The number of aromatic amines is 1. The fourth-order valence-electron chi connectivity index (χ4n) is 4.70. The number of aromatic nitrogens is 2. The van der Waals surface area contributed by atoms with Crippen molar-refractivity contribution in [1.29, 1.82) is 0 Å². The van der Waals surface area contributed by atoms with Gasteiger partial charge < -0.3 is 34.4 Å². The summed E-state index contributed by atoms with van der Waals surface area (Å²) in [5.41, 5.74) is 6.99. The van der Waals surface area contributed by atoms with Gasteiger partial charge in [0.1, 0.15) is 29.8 Å². The lowest BCUT2D eigenvalue weighted by atomic mass is 10.0. The van der Waals surface area contributed by atoms with Gasteiger partial charge in [-0.15, -0.1) is 0 Å². The number of aliphatic hydroxyl groups is 1. The molecule has 0 spiro atoms. The Hall–Kier alpha value is -2.76. The van der Waals surface area contributed by atoms with Crippen LogP contribution in [0.2, 0.25) is 0 Å². The smallest absolute Gasteiger partial charge is 0.194 e. The Bertz CT molecular complexity index is 1170. The summed E-state index contributed by atoms with van der Waals surface area (Å²) in [7, 11) is 0. The highest BCUT2D eigenvalue weighted by Crippen LogP contribution is 2.36. The third-order valence-electron chi connectivity index (χ3n) is 6.47. The number of rotatable bonds is 5. The van der Waals surface area contributed by atoms with Gasteiger partial charge in [-0.25, -0.2) is 9.37 Å². The largest absolute Gasteiger partial charge is 0.489 e. The monoisotopic (exact) mass is 456 g/mol. The highest BCUT2D eigenvalue weighted by molar-refractivity contribution is 5.81. The predicted molar refractivity (Wildman–Crippen MR) is 116 cm³/mol. The standard InChI is InChI=1S/C23H25FN4O5/c24-15-7-16-17(8-20(27-16)33-19-11-30-22-18(29)10-31-23(19,22)25)28-21(15)12-1-3-13(4-2-12)32-14-5-6-26-9-14/h1-4,7-8,14,18-19,22,26-27,29H,5-6,9-11,25H2/t14?,18-,19-,22-,23-/m1/s1. The van der Waals surface area contributed by atoms with E-state index in [4.69, 9.17) is 24.7 Å². The third-order valence-corrected chi connectivity index (χ3v) is 6.47. The molecule has 5 atom stereocenters. The Morgan fingerprint density at radius 2 is 2.03 bits per heavy atom. The molecule has 5 heterocycles. The molecule has 5 N–H and O–H groups in total. The van der Waals surface area contributed by atoms with Gasteiger partial charge in [-0.3, -0.25) is 5.73 Å². The second kappa shape index (κ2) is 7.93. The molecule has 0 saturated carbocycles. The minimum absolute atomic E-state index is 0.0885. The molecule has 0 amide bonds. The van der Waals surface area contributed by atoms with E-state index in [0.717, 1.165) is 25.3 Å². The van der Waals surface area contributed by atoms with Crippen LogP contribution in [0.15, 0.2) is 36.4 Å². The molecule has 1 aromatic carbocycles. The molecule has 2 aromatic heterocycles. The number of ether oxygens (including phenoxy) is 4. The number of nitrogens with two attached hydrogens (primary N) is 1. The Morgan fingerprint density at radius 1 is 1.18 bits per heavy atom. The van der Waals surface area contributed by atoms with Crippen LogP contribution >= 0.6 is 0 Å². The molecule has 1 unspecified atom stereocenters. The van der Waals surface area contributed by atoms with E-state index in [-0.39, 0.29) is 25.0 Å². The first kappa shape index (κ1) is 20.8. The van der Waals surface area contributed by atoms with Crippen LogP contribution < -0.4 is 20.5 Å². The first-order chi connectivity index (χ1) is 16.0. The van der Waals surface area contributed by atoms with Crippen LogP contribution in [0.1, 0.15) is 6.42 Å². The third kappa shape index (κ3) is 3.64. The minimum atomic E-state index is -1.24. The van der Waals surface area contributed by atoms with Crippen LogP contribution in [0.3, 0.4) is 0 Å². The first-order valence-corrected chi connectivity index (χ1v) is 11.1. The van der Waals surface area contributed by atoms with E-state index in [0.29, 0.717) is 22.5 Å². The molecule has 3 fully saturated rings. The van der Waals surface area contributed by atoms with Crippen molar-refractivity contribution < 1.29 is 28.4 Å². The number of aliphatic hydroxyl groups excluding tert-OH is 1. The predicted octanol–water partition coefficient (Wildman–Crippen LogP) is 1.30. The number of hydrogen-bond donors (Lipinski definition) is 4. The van der Waals surface area contributed by atoms with Crippen LogP contribution in [-0.4, -0.2) is 71.5 Å². The Kier molecular flexibility index (Phi) is 5.00. The van der Waals surface area contributed by atoms with Gasteiger partial charge in [0.25, 0.3) is 0 Å². The van der Waals surface area contributed by atoms with Crippen LogP contribution in [0.4, 0.5) is 4.39 Å². The summed E-state index contributed by atoms with van der Waals surface area (Å²) >= 11 is 0. The second-order valence-electron chi connectivity index (χ2n) is 8.73. The van der Waals surface area contributed by atoms with Crippen LogP contribution in [-0.2, 0) is 9.47 Å². The average molecular weight is 456 g/mol. The molecule has 0 radical (unpaired) electrons. The zero-order chi connectivity index (χ0) is 22.6. The van der Waals surface area contributed by atoms with Crippen molar-refractivity contribution in [2.45, 2.75) is 36.6 Å². The van der Waals surface area contributed by atoms with E-state index in [9.17, 15) is 9.50 Å². The van der Waals surface area contributed by atoms with Gasteiger partial charge in [0.05, 0.1) is 24.2 Å². The molecule has 3 aliphatic heterocycles. The summed E-state index contributed by atoms with van der Waals surface area (Å²) in [5.74, 6) is 0.664. The summed E-state index contributed by atoms with van der Waals surface area (Å²) in [6.07, 6.45) is -0.939. The zero-order valence-electron chi connectivity index (χ0n) is 17.8. The maximum atomic E-state index is 14.9. The molecule has 0 bridgehead atoms. The quantitative estimate of drug-likeness (QED) is 0.453. The van der Waals surface area contributed by atoms with E-state index >= 15 is 0 Å². The van der Waals surface area contributed by atoms with Crippen molar-refractivity contribution in [2.24, 2.45) is 5.73 Å². The number of nitrogens with one attached hydrogen (secondary N) is 2. The lowest BCUT2D eigenvalue weighted by molar-refractivity contribution is -0.0637. The molecule has 3 aromatic rings. The van der Waals surface area contributed by atoms with E-state index in [1.807, 2.05) is 12.1 Å². The minimum Gasteiger partial charge on any atom is -0.489 e. The maximum Gasteiger partial charge on any atom is 0.194 e. The van der Waals surface area contributed by atoms with E-state index < -0.39 is 29.9 Å². The fourth-order valence-corrected chi connectivity index (χ4v) is 4.70. The average Bonchev–Trinajstić information content (AvgIpc) is 3.56.